The van der Waals surface area contributed by atoms with Crippen molar-refractivity contribution in [3.63, 3.8) is 0 Å². The minimum atomic E-state index is -0.0720. The summed E-state index contributed by atoms with van der Waals surface area (Å²) in [7, 11) is 0. The molecule has 2 heteroatoms. The van der Waals surface area contributed by atoms with Crippen molar-refractivity contribution in [2.45, 2.75) is 6.61 Å². The Hall–Kier alpha value is -2.32. The minimum absolute atomic E-state index is 0.0720. The van der Waals surface area contributed by atoms with E-state index in [-0.39, 0.29) is 12.4 Å². The maximum absolute atomic E-state index is 10.1. The zero-order valence-corrected chi connectivity index (χ0v) is 10.2. The van der Waals surface area contributed by atoms with Gasteiger partial charge in [0.15, 0.2) is 0 Å². The lowest BCUT2D eigenvalue weighted by molar-refractivity contribution is 0.283. The highest BCUT2D eigenvalue weighted by molar-refractivity contribution is 6.24. The molecule has 4 aromatic rings. The molecule has 0 saturated heterocycles. The molecule has 4 aromatic carbocycles. The van der Waals surface area contributed by atoms with Crippen LogP contribution in [0, 0.1) is 0 Å². The molecule has 0 aliphatic rings. The molecule has 0 amide bonds. The van der Waals surface area contributed by atoms with Crippen LogP contribution < -0.4 is 0 Å². The second-order valence-electron chi connectivity index (χ2n) is 4.90. The van der Waals surface area contributed by atoms with Crippen LogP contribution in [0.2, 0.25) is 0 Å². The van der Waals surface area contributed by atoms with Gasteiger partial charge in [-0.1, -0.05) is 36.4 Å². The molecule has 0 bridgehead atoms. The second kappa shape index (κ2) is 3.59. The first-order valence-corrected chi connectivity index (χ1v) is 6.29. The van der Waals surface area contributed by atoms with Gasteiger partial charge in [0.2, 0.25) is 0 Å². The zero-order valence-electron chi connectivity index (χ0n) is 10.2. The van der Waals surface area contributed by atoms with Crippen molar-refractivity contribution in [2.24, 2.45) is 0 Å². The topological polar surface area (TPSA) is 40.5 Å². The summed E-state index contributed by atoms with van der Waals surface area (Å²) in [6.45, 7) is -0.0720. The summed E-state index contributed by atoms with van der Waals surface area (Å²) in [6, 6.07) is 15.9. The van der Waals surface area contributed by atoms with Crippen LogP contribution in [0.1, 0.15) is 5.56 Å². The number of hydrogen-bond donors (Lipinski definition) is 2. The van der Waals surface area contributed by atoms with Gasteiger partial charge >= 0.3 is 0 Å². The molecule has 0 spiro atoms. The molecule has 0 radical (unpaired) electrons. The van der Waals surface area contributed by atoms with Gasteiger partial charge in [0.1, 0.15) is 5.75 Å². The summed E-state index contributed by atoms with van der Waals surface area (Å²) >= 11 is 0. The Kier molecular flexibility index (Phi) is 2.00. The Bertz CT molecular complexity index is 909. The standard InChI is InChI=1S/C17H12O2/c18-9-13-8-12-3-1-2-10-4-5-11-6-7-14(19)16(13)17(11)15(10)12/h1-8,18-19H,9H2. The number of aromatic hydroxyl groups is 1. The van der Waals surface area contributed by atoms with Crippen LogP contribution in [0.4, 0.5) is 0 Å². The SMILES string of the molecule is OCc1cc2cccc3ccc4ccc(O)c1c4c32. The largest absolute Gasteiger partial charge is 0.507 e. The maximum atomic E-state index is 10.1. The molecule has 0 aliphatic carbocycles. The fraction of sp³-hybridized carbons (Fsp3) is 0.0588. The molecule has 4 rings (SSSR count). The number of phenols is 1. The predicted octanol–water partition coefficient (Wildman–Crippen LogP) is 3.78. The Morgan fingerprint density at radius 2 is 1.42 bits per heavy atom. The normalized spacial score (nSPS) is 11.8. The Morgan fingerprint density at radius 3 is 2.21 bits per heavy atom. The lowest BCUT2D eigenvalue weighted by atomic mass is 9.91. The maximum Gasteiger partial charge on any atom is 0.123 e. The molecule has 92 valence electrons. The summed E-state index contributed by atoms with van der Waals surface area (Å²) in [4.78, 5) is 0. The first kappa shape index (κ1) is 10.6. The van der Waals surface area contributed by atoms with Crippen molar-refractivity contribution in [3.05, 3.63) is 54.1 Å². The minimum Gasteiger partial charge on any atom is -0.507 e. The first-order valence-electron chi connectivity index (χ1n) is 6.29. The third-order valence-corrected chi connectivity index (χ3v) is 3.86. The highest BCUT2D eigenvalue weighted by atomic mass is 16.3. The van der Waals surface area contributed by atoms with E-state index in [9.17, 15) is 10.2 Å². The van der Waals surface area contributed by atoms with Crippen LogP contribution in [0.15, 0.2) is 48.5 Å². The van der Waals surface area contributed by atoms with Crippen molar-refractivity contribution in [1.29, 1.82) is 0 Å². The number of benzene rings is 4. The fourth-order valence-corrected chi connectivity index (χ4v) is 3.04. The molecule has 0 saturated carbocycles. The molecule has 0 fully saturated rings. The smallest absolute Gasteiger partial charge is 0.123 e. The number of rotatable bonds is 1. The zero-order chi connectivity index (χ0) is 13.0. The van der Waals surface area contributed by atoms with E-state index in [1.165, 1.54) is 0 Å². The Labute approximate surface area is 109 Å². The lowest BCUT2D eigenvalue weighted by Crippen LogP contribution is -1.91. The van der Waals surface area contributed by atoms with E-state index in [1.54, 1.807) is 6.07 Å². The average Bonchev–Trinajstić information content (AvgIpc) is 2.46. The van der Waals surface area contributed by atoms with Crippen LogP contribution in [-0.4, -0.2) is 10.2 Å². The summed E-state index contributed by atoms with van der Waals surface area (Å²) in [5.41, 5.74) is 0.772. The van der Waals surface area contributed by atoms with Crippen LogP contribution in [-0.2, 0) is 6.61 Å². The number of aliphatic hydroxyl groups excluding tert-OH is 1. The van der Waals surface area contributed by atoms with Crippen LogP contribution in [0.3, 0.4) is 0 Å². The van der Waals surface area contributed by atoms with E-state index in [0.29, 0.717) is 0 Å². The van der Waals surface area contributed by atoms with Gasteiger partial charge in [0.25, 0.3) is 0 Å². The third kappa shape index (κ3) is 1.29. The van der Waals surface area contributed by atoms with Gasteiger partial charge in [0, 0.05) is 10.8 Å². The quantitative estimate of drug-likeness (QED) is 0.503. The molecular formula is C17H12O2. The van der Waals surface area contributed by atoms with Crippen LogP contribution >= 0.6 is 0 Å². The van der Waals surface area contributed by atoms with Crippen LogP contribution in [0.5, 0.6) is 5.75 Å². The Morgan fingerprint density at radius 1 is 0.737 bits per heavy atom. The van der Waals surface area contributed by atoms with Gasteiger partial charge in [-0.3, -0.25) is 0 Å². The van der Waals surface area contributed by atoms with Crippen molar-refractivity contribution in [1.82, 2.24) is 0 Å². The van der Waals surface area contributed by atoms with Gasteiger partial charge in [-0.05, 0) is 39.2 Å². The summed E-state index contributed by atoms with van der Waals surface area (Å²) in [6.07, 6.45) is 0. The molecule has 2 N–H and O–H groups in total. The molecular weight excluding hydrogens is 236 g/mol. The van der Waals surface area contributed by atoms with E-state index in [1.807, 2.05) is 24.3 Å². The second-order valence-corrected chi connectivity index (χ2v) is 4.90. The molecule has 0 aromatic heterocycles. The van der Waals surface area contributed by atoms with Crippen molar-refractivity contribution in [3.8, 4) is 5.75 Å². The number of hydrogen-bond acceptors (Lipinski definition) is 2. The van der Waals surface area contributed by atoms with Gasteiger partial charge in [-0.25, -0.2) is 0 Å². The van der Waals surface area contributed by atoms with Gasteiger partial charge in [-0.2, -0.15) is 0 Å². The average molecular weight is 248 g/mol. The molecule has 0 unspecified atom stereocenters. The van der Waals surface area contributed by atoms with Crippen molar-refractivity contribution in [2.75, 3.05) is 0 Å². The summed E-state index contributed by atoms with van der Waals surface area (Å²) in [5, 5.41) is 26.0. The Balaban J connectivity index is 2.44. The fourth-order valence-electron chi connectivity index (χ4n) is 3.04. The van der Waals surface area contributed by atoms with E-state index >= 15 is 0 Å². The third-order valence-electron chi connectivity index (χ3n) is 3.86. The van der Waals surface area contributed by atoms with Gasteiger partial charge < -0.3 is 10.2 Å². The van der Waals surface area contributed by atoms with Gasteiger partial charge in [-0.15, -0.1) is 0 Å². The molecule has 0 atom stereocenters. The molecule has 0 heterocycles. The summed E-state index contributed by atoms with van der Waals surface area (Å²) < 4.78 is 0. The highest BCUT2D eigenvalue weighted by Crippen LogP contribution is 2.40. The summed E-state index contributed by atoms with van der Waals surface area (Å²) in [5.74, 6) is 0.231. The molecule has 2 nitrogen and oxygen atoms in total. The van der Waals surface area contributed by atoms with Gasteiger partial charge in [0.05, 0.1) is 6.61 Å². The van der Waals surface area contributed by atoms with E-state index in [0.717, 1.165) is 37.9 Å². The number of aliphatic hydroxyl groups is 1. The highest BCUT2D eigenvalue weighted by Gasteiger charge is 2.13. The monoisotopic (exact) mass is 248 g/mol. The number of phenolic OH excluding ortho intramolecular Hbond substituents is 1. The first-order chi connectivity index (χ1) is 9.29. The molecule has 0 aliphatic heterocycles. The van der Waals surface area contributed by atoms with Crippen LogP contribution in [0.25, 0.3) is 32.3 Å². The predicted molar refractivity (Wildman–Crippen MR) is 77.7 cm³/mol. The van der Waals surface area contributed by atoms with E-state index < -0.39 is 0 Å². The lowest BCUT2D eigenvalue weighted by Gasteiger charge is -2.14. The molecule has 19 heavy (non-hydrogen) atoms. The van der Waals surface area contributed by atoms with E-state index in [2.05, 4.69) is 18.2 Å². The van der Waals surface area contributed by atoms with Crippen molar-refractivity contribution < 1.29 is 10.2 Å². The van der Waals surface area contributed by atoms with E-state index in [4.69, 9.17) is 0 Å². The van der Waals surface area contributed by atoms with Crippen molar-refractivity contribution >= 4 is 32.3 Å².